The first-order chi connectivity index (χ1) is 7.22. The summed E-state index contributed by atoms with van der Waals surface area (Å²) in [6, 6.07) is 7.91. The summed E-state index contributed by atoms with van der Waals surface area (Å²) < 4.78 is 0. The third kappa shape index (κ3) is 4.98. The summed E-state index contributed by atoms with van der Waals surface area (Å²) in [6.07, 6.45) is 4.50. The van der Waals surface area contributed by atoms with Crippen LogP contribution >= 0.6 is 11.6 Å². The van der Waals surface area contributed by atoms with Crippen molar-refractivity contribution >= 4 is 17.4 Å². The van der Waals surface area contributed by atoms with E-state index in [9.17, 15) is 4.79 Å². The van der Waals surface area contributed by atoms with E-state index < -0.39 is 0 Å². The zero-order valence-electron chi connectivity index (χ0n) is 9.13. The van der Waals surface area contributed by atoms with E-state index in [-0.39, 0.29) is 0 Å². The maximum Gasteiger partial charge on any atom is 0.132 e. The van der Waals surface area contributed by atoms with Crippen molar-refractivity contribution in [1.29, 1.82) is 0 Å². The van der Waals surface area contributed by atoms with Gasteiger partial charge in [-0.2, -0.15) is 0 Å². The van der Waals surface area contributed by atoms with Crippen LogP contribution < -0.4 is 0 Å². The molecule has 82 valence electrons. The first-order valence-corrected chi connectivity index (χ1v) is 5.86. The molecule has 1 aromatic rings. The van der Waals surface area contributed by atoms with Crippen molar-refractivity contribution in [3.8, 4) is 0 Å². The van der Waals surface area contributed by atoms with Gasteiger partial charge in [0.2, 0.25) is 0 Å². The van der Waals surface area contributed by atoms with Gasteiger partial charge in [0.1, 0.15) is 5.78 Å². The molecule has 0 spiro atoms. The topological polar surface area (TPSA) is 17.1 Å². The Labute approximate surface area is 96.5 Å². The lowest BCUT2D eigenvalue weighted by Crippen LogP contribution is -1.95. The van der Waals surface area contributed by atoms with Crippen LogP contribution in [0.25, 0.3) is 0 Å². The molecule has 0 heterocycles. The summed E-state index contributed by atoms with van der Waals surface area (Å²) in [4.78, 5) is 11.1. The Morgan fingerprint density at radius 3 is 2.47 bits per heavy atom. The van der Waals surface area contributed by atoms with Crippen LogP contribution in [0.3, 0.4) is 0 Å². The molecular formula is C13H17ClO. The zero-order chi connectivity index (χ0) is 11.1. The molecule has 0 N–H and O–H groups in total. The molecule has 0 aliphatic heterocycles. The van der Waals surface area contributed by atoms with E-state index >= 15 is 0 Å². The Morgan fingerprint density at radius 2 is 1.87 bits per heavy atom. The summed E-state index contributed by atoms with van der Waals surface area (Å²) in [5.74, 6) is 0.367. The highest BCUT2D eigenvalue weighted by molar-refractivity contribution is 6.30. The first-order valence-electron chi connectivity index (χ1n) is 5.48. The van der Waals surface area contributed by atoms with Crippen LogP contribution in [-0.2, 0) is 11.2 Å². The maximum atomic E-state index is 11.1. The number of Topliss-reactive ketones (excluding diaryl/α,β-unsaturated/α-hetero) is 1. The Kier molecular flexibility index (Phi) is 5.41. The Hall–Kier alpha value is -0.820. The van der Waals surface area contributed by atoms with Gasteiger partial charge in [0, 0.05) is 17.9 Å². The van der Waals surface area contributed by atoms with E-state index in [4.69, 9.17) is 11.6 Å². The minimum atomic E-state index is 0.367. The van der Waals surface area contributed by atoms with E-state index in [0.29, 0.717) is 12.2 Å². The van der Waals surface area contributed by atoms with Gasteiger partial charge in [-0.25, -0.2) is 0 Å². The van der Waals surface area contributed by atoms with Crippen molar-refractivity contribution in [2.24, 2.45) is 0 Å². The third-order valence-corrected chi connectivity index (χ3v) is 2.73. The second kappa shape index (κ2) is 6.62. The predicted molar refractivity (Wildman–Crippen MR) is 64.3 cm³/mol. The van der Waals surface area contributed by atoms with E-state index in [0.717, 1.165) is 30.7 Å². The standard InChI is InChI=1S/C13H17ClO/c1-2-13(15)6-4-3-5-11-7-9-12(14)10-8-11/h7-10H,2-6H2,1H3. The summed E-state index contributed by atoms with van der Waals surface area (Å²) in [5, 5.41) is 0.778. The molecule has 0 saturated heterocycles. The SMILES string of the molecule is CCC(=O)CCCCc1ccc(Cl)cc1. The number of hydrogen-bond acceptors (Lipinski definition) is 1. The molecule has 0 aliphatic rings. The van der Waals surface area contributed by atoms with Crippen LogP contribution in [0.4, 0.5) is 0 Å². The van der Waals surface area contributed by atoms with Crippen molar-refractivity contribution in [1.82, 2.24) is 0 Å². The van der Waals surface area contributed by atoms with E-state index in [1.807, 2.05) is 31.2 Å². The molecule has 15 heavy (non-hydrogen) atoms. The van der Waals surface area contributed by atoms with Crippen LogP contribution in [0.15, 0.2) is 24.3 Å². The first kappa shape index (κ1) is 12.3. The summed E-state index contributed by atoms with van der Waals surface area (Å²) in [5.41, 5.74) is 1.29. The number of rotatable bonds is 6. The second-order valence-electron chi connectivity index (χ2n) is 3.73. The Bertz CT molecular complexity index is 303. The van der Waals surface area contributed by atoms with Gasteiger partial charge in [-0.15, -0.1) is 0 Å². The smallest absolute Gasteiger partial charge is 0.132 e. The van der Waals surface area contributed by atoms with Crippen LogP contribution in [0.1, 0.15) is 38.2 Å². The zero-order valence-corrected chi connectivity index (χ0v) is 9.89. The fraction of sp³-hybridized carbons (Fsp3) is 0.462. The lowest BCUT2D eigenvalue weighted by molar-refractivity contribution is -0.118. The van der Waals surface area contributed by atoms with E-state index in [1.165, 1.54) is 5.56 Å². The van der Waals surface area contributed by atoms with Crippen molar-refractivity contribution in [3.05, 3.63) is 34.9 Å². The van der Waals surface area contributed by atoms with Crippen LogP contribution in [-0.4, -0.2) is 5.78 Å². The summed E-state index contributed by atoms with van der Waals surface area (Å²) in [6.45, 7) is 1.92. The van der Waals surface area contributed by atoms with Gasteiger partial charge in [-0.05, 0) is 37.0 Å². The van der Waals surface area contributed by atoms with Gasteiger partial charge < -0.3 is 0 Å². The number of ketones is 1. The number of aryl methyl sites for hydroxylation is 1. The van der Waals surface area contributed by atoms with E-state index in [2.05, 4.69) is 0 Å². The van der Waals surface area contributed by atoms with Crippen LogP contribution in [0, 0.1) is 0 Å². The predicted octanol–water partition coefficient (Wildman–Crippen LogP) is 4.03. The quantitative estimate of drug-likeness (QED) is 0.667. The number of carbonyl (C=O) groups excluding carboxylic acids is 1. The minimum Gasteiger partial charge on any atom is -0.300 e. The molecule has 0 fully saturated rings. The van der Waals surface area contributed by atoms with Gasteiger partial charge in [-0.3, -0.25) is 4.79 Å². The molecule has 1 aromatic carbocycles. The lowest BCUT2D eigenvalue weighted by atomic mass is 10.1. The number of carbonyl (C=O) groups is 1. The highest BCUT2D eigenvalue weighted by Crippen LogP contribution is 2.12. The average Bonchev–Trinajstić information content (AvgIpc) is 2.26. The lowest BCUT2D eigenvalue weighted by Gasteiger charge is -2.01. The fourth-order valence-corrected chi connectivity index (χ4v) is 1.61. The van der Waals surface area contributed by atoms with Crippen molar-refractivity contribution in [3.63, 3.8) is 0 Å². The van der Waals surface area contributed by atoms with Gasteiger partial charge in [0.25, 0.3) is 0 Å². The Balaban J connectivity index is 2.20. The largest absolute Gasteiger partial charge is 0.300 e. The Morgan fingerprint density at radius 1 is 1.20 bits per heavy atom. The van der Waals surface area contributed by atoms with Crippen LogP contribution in [0.2, 0.25) is 5.02 Å². The highest BCUT2D eigenvalue weighted by atomic mass is 35.5. The molecule has 0 radical (unpaired) electrons. The molecule has 1 rings (SSSR count). The molecule has 0 aliphatic carbocycles. The minimum absolute atomic E-state index is 0.367. The fourth-order valence-electron chi connectivity index (χ4n) is 1.48. The molecule has 1 nitrogen and oxygen atoms in total. The van der Waals surface area contributed by atoms with Gasteiger partial charge in [0.05, 0.1) is 0 Å². The average molecular weight is 225 g/mol. The second-order valence-corrected chi connectivity index (χ2v) is 4.16. The van der Waals surface area contributed by atoms with Crippen molar-refractivity contribution in [2.75, 3.05) is 0 Å². The summed E-state index contributed by atoms with van der Waals surface area (Å²) in [7, 11) is 0. The third-order valence-electron chi connectivity index (χ3n) is 2.48. The molecule has 0 aromatic heterocycles. The number of hydrogen-bond donors (Lipinski definition) is 0. The van der Waals surface area contributed by atoms with Gasteiger partial charge in [-0.1, -0.05) is 30.7 Å². The molecule has 2 heteroatoms. The molecular weight excluding hydrogens is 208 g/mol. The molecule has 0 unspecified atom stereocenters. The van der Waals surface area contributed by atoms with E-state index in [1.54, 1.807) is 0 Å². The molecule has 0 bridgehead atoms. The number of halogens is 1. The summed E-state index contributed by atoms with van der Waals surface area (Å²) >= 11 is 5.79. The van der Waals surface area contributed by atoms with Crippen molar-refractivity contribution in [2.45, 2.75) is 39.0 Å². The molecule has 0 saturated carbocycles. The highest BCUT2D eigenvalue weighted by Gasteiger charge is 1.98. The van der Waals surface area contributed by atoms with Gasteiger partial charge in [0.15, 0.2) is 0 Å². The molecule has 0 atom stereocenters. The maximum absolute atomic E-state index is 11.1. The van der Waals surface area contributed by atoms with Gasteiger partial charge >= 0.3 is 0 Å². The van der Waals surface area contributed by atoms with Crippen LogP contribution in [0.5, 0.6) is 0 Å². The number of unbranched alkanes of at least 4 members (excludes halogenated alkanes) is 1. The molecule has 0 amide bonds. The van der Waals surface area contributed by atoms with Crippen molar-refractivity contribution < 1.29 is 4.79 Å². The monoisotopic (exact) mass is 224 g/mol. The normalized spacial score (nSPS) is 10.3. The number of benzene rings is 1.